The fourth-order valence-corrected chi connectivity index (χ4v) is 9.75. The van der Waals surface area contributed by atoms with Gasteiger partial charge < -0.3 is 4.74 Å². The fourth-order valence-electron chi connectivity index (χ4n) is 4.44. The molecule has 0 aromatic heterocycles. The summed E-state index contributed by atoms with van der Waals surface area (Å²) in [6.45, 7) is 5.78. The highest BCUT2D eigenvalue weighted by Crippen LogP contribution is 2.53. The smallest absolute Gasteiger partial charge is 0.330 e. The summed E-state index contributed by atoms with van der Waals surface area (Å²) in [4.78, 5) is 11.6. The maximum Gasteiger partial charge on any atom is 0.330 e. The molecule has 6 nitrogen and oxygen atoms in total. The molecule has 0 N–H and O–H groups in total. The number of hydrogen-bond donors (Lipinski definition) is 0. The molecule has 0 amide bonds. The van der Waals surface area contributed by atoms with E-state index in [1.54, 1.807) is 55.5 Å². The van der Waals surface area contributed by atoms with Crippen LogP contribution in [-0.2, 0) is 29.2 Å². The summed E-state index contributed by atoms with van der Waals surface area (Å²) in [6.07, 6.45) is 4.63. The number of allylic oxidation sites excluding steroid dienone is 2. The van der Waals surface area contributed by atoms with Gasteiger partial charge in [-0.3, -0.25) is 0 Å². The zero-order valence-corrected chi connectivity index (χ0v) is 20.1. The average Bonchev–Trinajstić information content (AvgIpc) is 3.21. The van der Waals surface area contributed by atoms with Gasteiger partial charge in [0, 0.05) is 6.08 Å². The van der Waals surface area contributed by atoms with Crippen LogP contribution in [0, 0.1) is 11.8 Å². The van der Waals surface area contributed by atoms with E-state index < -0.39 is 29.7 Å². The van der Waals surface area contributed by atoms with Gasteiger partial charge in [-0.25, -0.2) is 21.6 Å². The van der Waals surface area contributed by atoms with Crippen molar-refractivity contribution in [2.24, 2.45) is 11.8 Å². The molecule has 0 unspecified atom stereocenters. The molecule has 1 fully saturated rings. The van der Waals surface area contributed by atoms with Crippen LogP contribution in [0.25, 0.3) is 0 Å². The highest BCUT2D eigenvalue weighted by Gasteiger charge is 2.61. The molecule has 2 atom stereocenters. The third-order valence-corrected chi connectivity index (χ3v) is 11.8. The van der Waals surface area contributed by atoms with Crippen LogP contribution >= 0.6 is 0 Å². The van der Waals surface area contributed by atoms with E-state index in [4.69, 9.17) is 4.74 Å². The summed E-state index contributed by atoms with van der Waals surface area (Å²) < 4.78 is 58.6. The van der Waals surface area contributed by atoms with Gasteiger partial charge in [0.15, 0.2) is 23.8 Å². The van der Waals surface area contributed by atoms with Crippen molar-refractivity contribution < 1.29 is 26.4 Å². The lowest BCUT2D eigenvalue weighted by Gasteiger charge is -2.29. The lowest BCUT2D eigenvalue weighted by molar-refractivity contribution is -0.137. The maximum atomic E-state index is 13.9. The van der Waals surface area contributed by atoms with Crippen molar-refractivity contribution in [3.63, 3.8) is 0 Å². The summed E-state index contributed by atoms with van der Waals surface area (Å²) in [7, 11) is -8.57. The van der Waals surface area contributed by atoms with Crippen LogP contribution in [0.2, 0.25) is 0 Å². The van der Waals surface area contributed by atoms with Crippen LogP contribution in [0.15, 0.2) is 95.3 Å². The predicted octanol–water partition coefficient (Wildman–Crippen LogP) is 4.35. The van der Waals surface area contributed by atoms with Crippen LogP contribution in [0.1, 0.15) is 26.2 Å². The van der Waals surface area contributed by atoms with Crippen molar-refractivity contribution in [3.05, 3.63) is 85.5 Å². The molecule has 2 aromatic carbocycles. The molecule has 176 valence electrons. The Morgan fingerprint density at radius 2 is 1.48 bits per heavy atom. The molecule has 1 aliphatic rings. The molecule has 0 heterocycles. The first-order chi connectivity index (χ1) is 15.7. The molecular formula is C25H28O6S2. The van der Waals surface area contributed by atoms with Crippen LogP contribution in [-0.4, -0.2) is 33.5 Å². The van der Waals surface area contributed by atoms with Gasteiger partial charge in [-0.05, 0) is 62.3 Å². The third-order valence-electron chi connectivity index (χ3n) is 6.09. The lowest BCUT2D eigenvalue weighted by atomic mass is 9.93. The van der Waals surface area contributed by atoms with Gasteiger partial charge in [0.2, 0.25) is 0 Å². The number of hydrogen-bond acceptors (Lipinski definition) is 6. The molecule has 0 saturated heterocycles. The number of ether oxygens (including phenoxy) is 1. The summed E-state index contributed by atoms with van der Waals surface area (Å²) in [6, 6.07) is 15.4. The van der Waals surface area contributed by atoms with E-state index in [0.29, 0.717) is 6.42 Å². The van der Waals surface area contributed by atoms with Crippen LogP contribution < -0.4 is 0 Å². The van der Waals surface area contributed by atoms with E-state index in [0.717, 1.165) is 0 Å². The van der Waals surface area contributed by atoms with Gasteiger partial charge in [0.05, 0.1) is 16.4 Å². The molecular weight excluding hydrogens is 460 g/mol. The van der Waals surface area contributed by atoms with Crippen molar-refractivity contribution in [2.75, 3.05) is 6.61 Å². The second-order valence-electron chi connectivity index (χ2n) is 8.00. The molecule has 0 aliphatic heterocycles. The van der Waals surface area contributed by atoms with Crippen molar-refractivity contribution in [3.8, 4) is 0 Å². The zero-order chi connectivity index (χ0) is 24.1. The van der Waals surface area contributed by atoms with Crippen molar-refractivity contribution in [1.29, 1.82) is 0 Å². The van der Waals surface area contributed by atoms with Gasteiger partial charge in [0.25, 0.3) is 0 Å². The van der Waals surface area contributed by atoms with Gasteiger partial charge in [-0.15, -0.1) is 6.58 Å². The van der Waals surface area contributed by atoms with Gasteiger partial charge >= 0.3 is 5.97 Å². The molecule has 8 heteroatoms. The summed E-state index contributed by atoms with van der Waals surface area (Å²) in [5.41, 5.74) is 0. The van der Waals surface area contributed by atoms with E-state index in [-0.39, 0.29) is 41.1 Å². The van der Waals surface area contributed by atoms with E-state index in [9.17, 15) is 21.6 Å². The van der Waals surface area contributed by atoms with Gasteiger partial charge in [-0.2, -0.15) is 0 Å². The minimum Gasteiger partial charge on any atom is -0.463 e. The number of benzene rings is 2. The number of sulfone groups is 2. The Balaban J connectivity index is 2.11. The fraction of sp³-hybridized carbons (Fsp3) is 0.320. The standard InChI is InChI=1S/C25H28O6S2/c1-3-20-18-25(32(27,28)22-13-7-5-8-14-22,33(29,30)23-15-9-6-10-16-23)19-21(20)12-11-17-24(26)31-4-2/h3,5-11,13-17,20-21H,1,4,12,18-19H2,2H3/b17-11+/t20-,21-/m0/s1. The van der Waals surface area contributed by atoms with Crippen molar-refractivity contribution >= 4 is 25.6 Å². The monoisotopic (exact) mass is 488 g/mol. The van der Waals surface area contributed by atoms with E-state index >= 15 is 0 Å². The Morgan fingerprint density at radius 1 is 0.970 bits per heavy atom. The number of carbonyl (C=O) groups is 1. The topological polar surface area (TPSA) is 94.6 Å². The first-order valence-electron chi connectivity index (χ1n) is 10.7. The van der Waals surface area contributed by atoms with Crippen LogP contribution in [0.3, 0.4) is 0 Å². The first kappa shape index (κ1) is 24.9. The minimum atomic E-state index is -4.28. The molecule has 0 radical (unpaired) electrons. The summed E-state index contributed by atoms with van der Waals surface area (Å²) in [5, 5.41) is 0. The first-order valence-corrected chi connectivity index (χ1v) is 13.7. The highest BCUT2D eigenvalue weighted by atomic mass is 32.3. The molecule has 1 saturated carbocycles. The van der Waals surface area contributed by atoms with E-state index in [1.807, 2.05) is 0 Å². The molecule has 33 heavy (non-hydrogen) atoms. The Morgan fingerprint density at radius 3 is 1.94 bits per heavy atom. The van der Waals surface area contributed by atoms with Gasteiger partial charge in [0.1, 0.15) is 0 Å². The second-order valence-corrected chi connectivity index (χ2v) is 12.8. The quantitative estimate of drug-likeness (QED) is 0.296. The van der Waals surface area contributed by atoms with Crippen LogP contribution in [0.4, 0.5) is 0 Å². The largest absolute Gasteiger partial charge is 0.463 e. The van der Waals surface area contributed by atoms with Crippen molar-refractivity contribution in [1.82, 2.24) is 0 Å². The van der Waals surface area contributed by atoms with Crippen molar-refractivity contribution in [2.45, 2.75) is 40.1 Å². The Bertz CT molecular complexity index is 1150. The second kappa shape index (κ2) is 10.1. The Kier molecular flexibility index (Phi) is 7.59. The van der Waals surface area contributed by atoms with Crippen LogP contribution in [0.5, 0.6) is 0 Å². The Hall–Kier alpha value is -2.71. The molecule has 0 bridgehead atoms. The average molecular weight is 489 g/mol. The SMILES string of the molecule is C=C[C@H]1CC(S(=O)(=O)c2ccccc2)(S(=O)(=O)c2ccccc2)C[C@@H]1C/C=C/C(=O)OCC. The number of rotatable bonds is 9. The van der Waals surface area contributed by atoms with E-state index in [2.05, 4.69) is 6.58 Å². The van der Waals surface area contributed by atoms with Gasteiger partial charge in [-0.1, -0.05) is 48.6 Å². The number of carbonyl (C=O) groups excluding carboxylic acids is 1. The number of esters is 1. The zero-order valence-electron chi connectivity index (χ0n) is 18.5. The summed E-state index contributed by atoms with van der Waals surface area (Å²) in [5.74, 6) is -1.19. The molecule has 1 aliphatic carbocycles. The summed E-state index contributed by atoms with van der Waals surface area (Å²) >= 11 is 0. The Labute approximate surface area is 195 Å². The molecule has 3 rings (SSSR count). The molecule has 0 spiro atoms. The predicted molar refractivity (Wildman–Crippen MR) is 127 cm³/mol. The highest BCUT2D eigenvalue weighted by molar-refractivity contribution is 8.10. The molecule has 2 aromatic rings. The third kappa shape index (κ3) is 4.68. The normalized spacial score (nSPS) is 20.5. The van der Waals surface area contributed by atoms with E-state index in [1.165, 1.54) is 30.3 Å². The minimum absolute atomic E-state index is 0.0324. The lowest BCUT2D eigenvalue weighted by Crippen LogP contribution is -2.44. The maximum absolute atomic E-state index is 13.9.